The van der Waals surface area contributed by atoms with Gasteiger partial charge in [-0.05, 0) is 37.6 Å². The molecule has 0 saturated carbocycles. The zero-order valence-corrected chi connectivity index (χ0v) is 18.7. The van der Waals surface area contributed by atoms with Gasteiger partial charge in [0.05, 0.1) is 29.7 Å². The van der Waals surface area contributed by atoms with E-state index in [0.29, 0.717) is 37.6 Å². The Hall–Kier alpha value is -4.09. The van der Waals surface area contributed by atoms with E-state index in [1.54, 1.807) is 48.2 Å². The molecular weight excluding hydrogens is 465 g/mol. The minimum absolute atomic E-state index is 0.0227. The van der Waals surface area contributed by atoms with Crippen LogP contribution in [0.15, 0.2) is 54.9 Å². The Balaban J connectivity index is 1.42. The van der Waals surface area contributed by atoms with Gasteiger partial charge in [0.25, 0.3) is 5.91 Å². The zero-order chi connectivity index (χ0) is 25.0. The van der Waals surface area contributed by atoms with Crippen molar-refractivity contribution in [2.75, 3.05) is 30.3 Å². The van der Waals surface area contributed by atoms with Crippen LogP contribution in [0.4, 0.5) is 29.5 Å². The maximum Gasteiger partial charge on any atom is 0.435 e. The second-order valence-corrected chi connectivity index (χ2v) is 7.83. The number of rotatable bonds is 6. The van der Waals surface area contributed by atoms with Gasteiger partial charge in [0.15, 0.2) is 5.69 Å². The number of para-hydroxylation sites is 1. The quantitative estimate of drug-likeness (QED) is 0.540. The summed E-state index contributed by atoms with van der Waals surface area (Å²) in [6.07, 6.45) is -2.07. The number of nitrogens with one attached hydrogen (secondary N) is 2. The summed E-state index contributed by atoms with van der Waals surface area (Å²) in [6.45, 7) is 3.07. The van der Waals surface area contributed by atoms with E-state index in [-0.39, 0.29) is 17.8 Å². The van der Waals surface area contributed by atoms with Crippen LogP contribution in [0.2, 0.25) is 0 Å². The highest BCUT2D eigenvalue weighted by atomic mass is 19.4. The number of hydrogen-bond donors (Lipinski definition) is 2. The molecule has 1 atom stereocenters. The number of hydrogen-bond acceptors (Lipinski definition) is 6. The Bertz CT molecular complexity index is 1180. The van der Waals surface area contributed by atoms with Crippen LogP contribution in [0.1, 0.15) is 29.4 Å². The molecule has 35 heavy (non-hydrogen) atoms. The number of likely N-dealkylation sites (tertiary alicyclic amines) is 1. The number of nitrogens with zero attached hydrogens (tertiary/aromatic N) is 4. The minimum Gasteiger partial charge on any atom is -0.450 e. The van der Waals surface area contributed by atoms with Crippen LogP contribution in [-0.4, -0.2) is 57.4 Å². The molecular formula is C23H23F3N6O3. The first-order valence-corrected chi connectivity index (χ1v) is 10.9. The average Bonchev–Trinajstić information content (AvgIpc) is 3.49. The second-order valence-electron chi connectivity index (χ2n) is 7.83. The molecule has 1 aliphatic rings. The first-order valence-electron chi connectivity index (χ1n) is 10.9. The zero-order valence-electron chi connectivity index (χ0n) is 18.7. The number of pyridine rings is 1. The van der Waals surface area contributed by atoms with Gasteiger partial charge in [-0.3, -0.25) is 4.79 Å². The number of halogens is 3. The highest BCUT2D eigenvalue weighted by Crippen LogP contribution is 2.32. The van der Waals surface area contributed by atoms with Crippen LogP contribution in [0.3, 0.4) is 0 Å². The summed E-state index contributed by atoms with van der Waals surface area (Å²) >= 11 is 0. The lowest BCUT2D eigenvalue weighted by Crippen LogP contribution is -2.32. The van der Waals surface area contributed by atoms with Crippen molar-refractivity contribution in [2.45, 2.75) is 25.6 Å². The van der Waals surface area contributed by atoms with Gasteiger partial charge in [0, 0.05) is 25.3 Å². The van der Waals surface area contributed by atoms with Crippen LogP contribution < -0.4 is 10.6 Å². The number of anilines is 2. The van der Waals surface area contributed by atoms with E-state index in [0.717, 1.165) is 10.9 Å². The van der Waals surface area contributed by atoms with Crippen molar-refractivity contribution in [2.24, 2.45) is 0 Å². The molecule has 0 radical (unpaired) electrons. The van der Waals surface area contributed by atoms with Crippen molar-refractivity contribution in [3.05, 3.63) is 66.1 Å². The highest BCUT2D eigenvalue weighted by molar-refractivity contribution is 6.05. The largest absolute Gasteiger partial charge is 0.450 e. The van der Waals surface area contributed by atoms with Crippen molar-refractivity contribution < 1.29 is 27.5 Å². The van der Waals surface area contributed by atoms with Crippen LogP contribution in [0, 0.1) is 0 Å². The first-order chi connectivity index (χ1) is 16.7. The topological polar surface area (TPSA) is 101 Å². The van der Waals surface area contributed by atoms with E-state index in [4.69, 9.17) is 4.74 Å². The molecule has 4 rings (SSSR count). The standard InChI is InChI=1S/C23H23F3N6O3/c1-2-35-22(34)31-11-10-16(13-31)28-19-9-8-15(12-27-19)29-21(33)18-14-32(17-6-4-3-5-7-17)30-20(18)23(24,25)26/h3-9,12,14,16H,2,10-11,13H2,1H3,(H,27,28)(H,29,33). The summed E-state index contributed by atoms with van der Waals surface area (Å²) in [5, 5.41) is 9.22. The van der Waals surface area contributed by atoms with Crippen molar-refractivity contribution in [3.63, 3.8) is 0 Å². The van der Waals surface area contributed by atoms with Crippen LogP contribution in [0.25, 0.3) is 5.69 Å². The number of benzene rings is 1. The third-order valence-corrected chi connectivity index (χ3v) is 5.34. The Morgan fingerprint density at radius 1 is 1.17 bits per heavy atom. The summed E-state index contributed by atoms with van der Waals surface area (Å²) in [5.41, 5.74) is -1.27. The molecule has 3 heterocycles. The number of carbonyl (C=O) groups is 2. The van der Waals surface area contributed by atoms with Crippen molar-refractivity contribution >= 4 is 23.5 Å². The first kappa shape index (κ1) is 24.0. The van der Waals surface area contributed by atoms with Gasteiger partial charge in [-0.15, -0.1) is 0 Å². The number of carbonyl (C=O) groups excluding carboxylic acids is 2. The van der Waals surface area contributed by atoms with Crippen LogP contribution >= 0.6 is 0 Å². The lowest BCUT2D eigenvalue weighted by molar-refractivity contribution is -0.141. The number of alkyl halides is 3. The lowest BCUT2D eigenvalue weighted by atomic mass is 10.2. The smallest absolute Gasteiger partial charge is 0.435 e. The van der Waals surface area contributed by atoms with E-state index >= 15 is 0 Å². The normalized spacial score (nSPS) is 15.7. The summed E-state index contributed by atoms with van der Waals surface area (Å²) in [6, 6.07) is 11.3. The third-order valence-electron chi connectivity index (χ3n) is 5.34. The predicted molar refractivity (Wildman–Crippen MR) is 121 cm³/mol. The number of amides is 2. The monoisotopic (exact) mass is 488 g/mol. The second kappa shape index (κ2) is 10.0. The lowest BCUT2D eigenvalue weighted by Gasteiger charge is -2.16. The van der Waals surface area contributed by atoms with Crippen molar-refractivity contribution in [1.82, 2.24) is 19.7 Å². The minimum atomic E-state index is -4.81. The summed E-state index contributed by atoms with van der Waals surface area (Å²) < 4.78 is 46.6. The molecule has 1 saturated heterocycles. The van der Waals surface area contributed by atoms with Gasteiger partial charge in [-0.1, -0.05) is 18.2 Å². The molecule has 1 aromatic carbocycles. The maximum atomic E-state index is 13.5. The fourth-order valence-corrected chi connectivity index (χ4v) is 3.68. The molecule has 2 amide bonds. The van der Waals surface area contributed by atoms with E-state index in [9.17, 15) is 22.8 Å². The SMILES string of the molecule is CCOC(=O)N1CCC(Nc2ccc(NC(=O)c3cn(-c4ccccc4)nc3C(F)(F)F)cn2)C1. The molecule has 3 aromatic rings. The summed E-state index contributed by atoms with van der Waals surface area (Å²) in [5.74, 6) is -0.450. The van der Waals surface area contributed by atoms with E-state index in [1.165, 1.54) is 12.3 Å². The molecule has 0 aliphatic carbocycles. The Morgan fingerprint density at radius 3 is 2.60 bits per heavy atom. The number of ether oxygens (including phenoxy) is 1. The molecule has 12 heteroatoms. The van der Waals surface area contributed by atoms with Gasteiger partial charge >= 0.3 is 12.3 Å². The Morgan fingerprint density at radius 2 is 1.94 bits per heavy atom. The third kappa shape index (κ3) is 5.70. The highest BCUT2D eigenvalue weighted by Gasteiger charge is 2.39. The maximum absolute atomic E-state index is 13.5. The molecule has 0 bridgehead atoms. The average molecular weight is 488 g/mol. The molecule has 0 spiro atoms. The molecule has 1 unspecified atom stereocenters. The van der Waals surface area contributed by atoms with Crippen LogP contribution in [0.5, 0.6) is 0 Å². The predicted octanol–water partition coefficient (Wildman–Crippen LogP) is 4.18. The Kier molecular flexibility index (Phi) is 6.90. The van der Waals surface area contributed by atoms with Gasteiger partial charge < -0.3 is 20.3 Å². The van der Waals surface area contributed by atoms with Crippen molar-refractivity contribution in [3.8, 4) is 5.69 Å². The fraction of sp³-hybridized carbons (Fsp3) is 0.304. The molecule has 2 N–H and O–H groups in total. The number of aromatic nitrogens is 3. The van der Waals surface area contributed by atoms with E-state index in [2.05, 4.69) is 20.7 Å². The van der Waals surface area contributed by atoms with Gasteiger partial charge in [0.1, 0.15) is 5.82 Å². The van der Waals surface area contributed by atoms with Gasteiger partial charge in [-0.25, -0.2) is 14.5 Å². The van der Waals surface area contributed by atoms with Crippen LogP contribution in [-0.2, 0) is 10.9 Å². The summed E-state index contributed by atoms with van der Waals surface area (Å²) in [7, 11) is 0. The Labute approximate surface area is 198 Å². The fourth-order valence-electron chi connectivity index (χ4n) is 3.68. The van der Waals surface area contributed by atoms with Gasteiger partial charge in [0.2, 0.25) is 0 Å². The summed E-state index contributed by atoms with van der Waals surface area (Å²) in [4.78, 5) is 30.3. The van der Waals surface area contributed by atoms with E-state index < -0.39 is 23.3 Å². The molecule has 184 valence electrons. The van der Waals surface area contributed by atoms with Crippen molar-refractivity contribution in [1.29, 1.82) is 0 Å². The van der Waals surface area contributed by atoms with E-state index in [1.807, 2.05) is 0 Å². The molecule has 2 aromatic heterocycles. The molecule has 9 nitrogen and oxygen atoms in total. The molecule has 1 fully saturated rings. The molecule has 1 aliphatic heterocycles. The van der Waals surface area contributed by atoms with Gasteiger partial charge in [-0.2, -0.15) is 18.3 Å².